The molecule has 1 fully saturated rings. The highest BCUT2D eigenvalue weighted by Gasteiger charge is 2.21. The first-order chi connectivity index (χ1) is 8.49. The van der Waals surface area contributed by atoms with E-state index in [0.717, 1.165) is 5.56 Å². The molecular formula is C14H21NO2S. The minimum absolute atomic E-state index is 0.111. The van der Waals surface area contributed by atoms with Crippen LogP contribution in [0.2, 0.25) is 0 Å². The van der Waals surface area contributed by atoms with Gasteiger partial charge in [-0.3, -0.25) is 0 Å². The third-order valence-electron chi connectivity index (χ3n) is 3.71. The molecule has 4 heteroatoms. The molecule has 3 nitrogen and oxygen atoms in total. The lowest BCUT2D eigenvalue weighted by Gasteiger charge is -2.27. The molecule has 1 N–H and O–H groups in total. The minimum Gasteiger partial charge on any atom is -0.312 e. The summed E-state index contributed by atoms with van der Waals surface area (Å²) in [5, 5.41) is 3.10. The van der Waals surface area contributed by atoms with Crippen molar-refractivity contribution in [1.82, 2.24) is 5.32 Å². The summed E-state index contributed by atoms with van der Waals surface area (Å²) in [5.74, 6) is 0.832. The maximum absolute atomic E-state index is 11.4. The molecule has 0 heterocycles. The Morgan fingerprint density at radius 2 is 2.11 bits per heavy atom. The smallest absolute Gasteiger partial charge is 0.149 e. The predicted octanol–water partition coefficient (Wildman–Crippen LogP) is 2.26. The van der Waals surface area contributed by atoms with E-state index in [-0.39, 0.29) is 11.8 Å². The van der Waals surface area contributed by atoms with Gasteiger partial charge in [-0.2, -0.15) is 0 Å². The second-order valence-electron chi connectivity index (χ2n) is 5.23. The van der Waals surface area contributed by atoms with Gasteiger partial charge in [-0.1, -0.05) is 30.7 Å². The van der Waals surface area contributed by atoms with E-state index in [1.54, 1.807) is 0 Å². The number of hydrogen-bond acceptors (Lipinski definition) is 3. The lowest BCUT2D eigenvalue weighted by molar-refractivity contribution is 0.419. The Labute approximate surface area is 110 Å². The van der Waals surface area contributed by atoms with Crippen LogP contribution in [0.15, 0.2) is 24.3 Å². The largest absolute Gasteiger partial charge is 0.312 e. The number of sulfone groups is 1. The molecule has 1 saturated carbocycles. The molecule has 0 amide bonds. The van der Waals surface area contributed by atoms with E-state index in [2.05, 4.69) is 17.4 Å². The Bertz CT molecular complexity index is 506. The molecule has 2 rings (SSSR count). The maximum Gasteiger partial charge on any atom is 0.149 e. The fraction of sp³-hybridized carbons (Fsp3) is 0.571. The van der Waals surface area contributed by atoms with Crippen LogP contribution in [-0.2, 0) is 9.84 Å². The monoisotopic (exact) mass is 267 g/mol. The van der Waals surface area contributed by atoms with E-state index < -0.39 is 9.84 Å². The Morgan fingerprint density at radius 1 is 1.39 bits per heavy atom. The third-order valence-corrected chi connectivity index (χ3v) is 4.65. The molecule has 0 spiro atoms. The van der Waals surface area contributed by atoms with Crippen molar-refractivity contribution in [2.24, 2.45) is 0 Å². The fourth-order valence-electron chi connectivity index (χ4n) is 2.42. The van der Waals surface area contributed by atoms with E-state index in [0.29, 0.717) is 5.92 Å². The summed E-state index contributed by atoms with van der Waals surface area (Å²) in [6.07, 6.45) is 5.13. The van der Waals surface area contributed by atoms with Gasteiger partial charge in [0.15, 0.2) is 0 Å². The van der Waals surface area contributed by atoms with Crippen LogP contribution in [-0.4, -0.2) is 27.5 Å². The van der Waals surface area contributed by atoms with Gasteiger partial charge in [-0.25, -0.2) is 8.42 Å². The molecule has 0 saturated heterocycles. The number of hydrogen-bond donors (Lipinski definition) is 1. The summed E-state index contributed by atoms with van der Waals surface area (Å²) < 4.78 is 22.8. The number of benzene rings is 1. The van der Waals surface area contributed by atoms with Gasteiger partial charge in [-0.05, 0) is 36.9 Å². The van der Waals surface area contributed by atoms with E-state index in [4.69, 9.17) is 0 Å². The van der Waals surface area contributed by atoms with Gasteiger partial charge in [0.2, 0.25) is 0 Å². The second kappa shape index (κ2) is 5.41. The summed E-state index contributed by atoms with van der Waals surface area (Å²) in [7, 11) is -1.16. The van der Waals surface area contributed by atoms with E-state index in [9.17, 15) is 8.42 Å². The highest BCUT2D eigenvalue weighted by molar-refractivity contribution is 7.90. The highest BCUT2D eigenvalue weighted by Crippen LogP contribution is 2.37. The Balaban J connectivity index is 2.19. The van der Waals surface area contributed by atoms with E-state index >= 15 is 0 Å². The van der Waals surface area contributed by atoms with Gasteiger partial charge in [-0.15, -0.1) is 0 Å². The summed E-state index contributed by atoms with van der Waals surface area (Å²) in [4.78, 5) is 0. The van der Waals surface area contributed by atoms with Crippen LogP contribution in [0.25, 0.3) is 0 Å². The van der Waals surface area contributed by atoms with Crippen molar-refractivity contribution in [1.29, 1.82) is 0 Å². The molecule has 1 atom stereocenters. The molecule has 1 unspecified atom stereocenters. The quantitative estimate of drug-likeness (QED) is 0.890. The average molecular weight is 267 g/mol. The molecule has 0 aliphatic heterocycles. The van der Waals surface area contributed by atoms with Gasteiger partial charge < -0.3 is 5.32 Å². The molecule has 18 heavy (non-hydrogen) atoms. The first kappa shape index (κ1) is 13.6. The average Bonchev–Trinajstić information content (AvgIpc) is 2.23. The standard InChI is InChI=1S/C14H21NO2S/c1-15-14(10-18(2,16)17)13-8-4-7-12(9-13)11-5-3-6-11/h4,7-9,11,14-15H,3,5-6,10H2,1-2H3. The minimum atomic E-state index is -2.97. The van der Waals surface area contributed by atoms with Crippen LogP contribution in [0, 0.1) is 0 Å². The van der Waals surface area contributed by atoms with Gasteiger partial charge in [0.25, 0.3) is 0 Å². The lowest BCUT2D eigenvalue weighted by Crippen LogP contribution is -2.25. The summed E-state index contributed by atoms with van der Waals surface area (Å²) in [6, 6.07) is 8.25. The van der Waals surface area contributed by atoms with E-state index in [1.807, 2.05) is 19.2 Å². The van der Waals surface area contributed by atoms with Crippen LogP contribution in [0.5, 0.6) is 0 Å². The van der Waals surface area contributed by atoms with Crippen LogP contribution in [0.3, 0.4) is 0 Å². The third kappa shape index (κ3) is 3.33. The zero-order valence-corrected chi connectivity index (χ0v) is 11.8. The van der Waals surface area contributed by atoms with Gasteiger partial charge in [0.05, 0.1) is 5.75 Å². The SMILES string of the molecule is CNC(CS(C)(=O)=O)c1cccc(C2CCC2)c1. The summed E-state index contributed by atoms with van der Waals surface area (Å²) >= 11 is 0. The second-order valence-corrected chi connectivity index (χ2v) is 7.42. The number of rotatable bonds is 5. The van der Waals surface area contributed by atoms with Crippen LogP contribution in [0.1, 0.15) is 42.3 Å². The zero-order valence-electron chi connectivity index (χ0n) is 11.0. The van der Waals surface area contributed by atoms with Crippen molar-refractivity contribution in [2.75, 3.05) is 19.1 Å². The van der Waals surface area contributed by atoms with Gasteiger partial charge >= 0.3 is 0 Å². The van der Waals surface area contributed by atoms with Crippen LogP contribution in [0.4, 0.5) is 0 Å². The summed E-state index contributed by atoms with van der Waals surface area (Å²) in [5.41, 5.74) is 2.43. The molecule has 1 aliphatic carbocycles. The van der Waals surface area contributed by atoms with Crippen molar-refractivity contribution in [3.8, 4) is 0 Å². The molecule has 0 aromatic heterocycles. The normalized spacial score (nSPS) is 18.3. The van der Waals surface area contributed by atoms with Gasteiger partial charge in [0, 0.05) is 12.3 Å². The first-order valence-electron chi connectivity index (χ1n) is 6.44. The molecular weight excluding hydrogens is 246 g/mol. The topological polar surface area (TPSA) is 46.2 Å². The predicted molar refractivity (Wildman–Crippen MR) is 74.5 cm³/mol. The van der Waals surface area contributed by atoms with Crippen molar-refractivity contribution in [3.63, 3.8) is 0 Å². The first-order valence-corrected chi connectivity index (χ1v) is 8.50. The number of nitrogens with one attached hydrogen (secondary N) is 1. The fourth-order valence-corrected chi connectivity index (χ4v) is 3.38. The lowest BCUT2D eigenvalue weighted by atomic mass is 9.79. The van der Waals surface area contributed by atoms with Crippen molar-refractivity contribution in [2.45, 2.75) is 31.2 Å². The zero-order chi connectivity index (χ0) is 13.2. The molecule has 100 valence electrons. The molecule has 1 aromatic rings. The van der Waals surface area contributed by atoms with Gasteiger partial charge in [0.1, 0.15) is 9.84 Å². The Hall–Kier alpha value is -0.870. The Kier molecular flexibility index (Phi) is 4.07. The van der Waals surface area contributed by atoms with Crippen molar-refractivity contribution in [3.05, 3.63) is 35.4 Å². The van der Waals surface area contributed by atoms with E-state index in [1.165, 1.54) is 31.1 Å². The molecule has 0 radical (unpaired) electrons. The molecule has 1 aliphatic rings. The molecule has 1 aromatic carbocycles. The summed E-state index contributed by atoms with van der Waals surface area (Å²) in [6.45, 7) is 0. The van der Waals surface area contributed by atoms with Crippen molar-refractivity contribution >= 4 is 9.84 Å². The highest BCUT2D eigenvalue weighted by atomic mass is 32.2. The Morgan fingerprint density at radius 3 is 2.61 bits per heavy atom. The van der Waals surface area contributed by atoms with Crippen LogP contribution >= 0.6 is 0 Å². The van der Waals surface area contributed by atoms with Crippen LogP contribution < -0.4 is 5.32 Å². The van der Waals surface area contributed by atoms with Crippen molar-refractivity contribution < 1.29 is 8.42 Å². The molecule has 0 bridgehead atoms. The maximum atomic E-state index is 11.4.